The number of nitrogens with zero attached hydrogens (tertiary/aromatic N) is 2. The largest absolute Gasteiger partial charge is 0.475 e. The summed E-state index contributed by atoms with van der Waals surface area (Å²) in [6.07, 6.45) is 4.65. The maximum atomic E-state index is 5.53. The van der Waals surface area contributed by atoms with Crippen molar-refractivity contribution in [2.75, 3.05) is 13.1 Å². The van der Waals surface area contributed by atoms with Gasteiger partial charge in [-0.15, -0.1) is 24.0 Å². The van der Waals surface area contributed by atoms with E-state index in [1.54, 1.807) is 0 Å². The minimum atomic E-state index is 0. The number of halogens is 1. The van der Waals surface area contributed by atoms with Crippen molar-refractivity contribution >= 4 is 29.9 Å². The first-order valence-electron chi connectivity index (χ1n) is 7.81. The summed E-state index contributed by atoms with van der Waals surface area (Å²) in [4.78, 5) is 8.88. The average molecular weight is 418 g/mol. The van der Waals surface area contributed by atoms with Gasteiger partial charge in [-0.3, -0.25) is 0 Å². The van der Waals surface area contributed by atoms with Gasteiger partial charge in [-0.25, -0.2) is 9.98 Å². The summed E-state index contributed by atoms with van der Waals surface area (Å²) in [6, 6.07) is 3.91. The van der Waals surface area contributed by atoms with Gasteiger partial charge in [0.05, 0.1) is 12.6 Å². The third kappa shape index (κ3) is 7.29. The zero-order chi connectivity index (χ0) is 15.1. The molecular weight excluding hydrogens is 391 g/mol. The van der Waals surface area contributed by atoms with Crippen LogP contribution in [0.4, 0.5) is 0 Å². The maximum absolute atomic E-state index is 5.53. The minimum Gasteiger partial charge on any atom is -0.475 e. The van der Waals surface area contributed by atoms with E-state index in [9.17, 15) is 0 Å². The van der Waals surface area contributed by atoms with Crippen molar-refractivity contribution in [2.45, 2.75) is 46.3 Å². The Morgan fingerprint density at radius 3 is 2.68 bits per heavy atom. The lowest BCUT2D eigenvalue weighted by molar-refractivity contribution is 0.232. The fourth-order valence-electron chi connectivity index (χ4n) is 1.89. The number of guanidine groups is 1. The summed E-state index contributed by atoms with van der Waals surface area (Å²) in [7, 11) is 0. The molecule has 1 saturated carbocycles. The van der Waals surface area contributed by atoms with E-state index in [-0.39, 0.29) is 30.1 Å². The minimum absolute atomic E-state index is 0. The predicted octanol–water partition coefficient (Wildman–Crippen LogP) is 2.95. The van der Waals surface area contributed by atoms with Crippen molar-refractivity contribution < 1.29 is 4.74 Å². The van der Waals surface area contributed by atoms with Crippen LogP contribution in [0.2, 0.25) is 0 Å². The highest BCUT2D eigenvalue weighted by atomic mass is 127. The van der Waals surface area contributed by atoms with Gasteiger partial charge in [0, 0.05) is 25.4 Å². The molecule has 0 aliphatic heterocycles. The Bertz CT molecular complexity index is 458. The van der Waals surface area contributed by atoms with Crippen LogP contribution in [-0.2, 0) is 6.54 Å². The van der Waals surface area contributed by atoms with Gasteiger partial charge < -0.3 is 15.4 Å². The lowest BCUT2D eigenvalue weighted by Gasteiger charge is -2.11. The van der Waals surface area contributed by atoms with Crippen molar-refractivity contribution in [1.29, 1.82) is 0 Å². The van der Waals surface area contributed by atoms with Crippen molar-refractivity contribution in [3.8, 4) is 5.88 Å². The molecule has 0 unspecified atom stereocenters. The molecule has 0 amide bonds. The molecule has 1 aliphatic carbocycles. The maximum Gasteiger partial charge on any atom is 0.213 e. The lowest BCUT2D eigenvalue weighted by Crippen LogP contribution is -2.38. The SMILES string of the molecule is CCNC(=NCc1ccc(OC(C)C)nc1)NCC1CC1.I. The number of aliphatic imine (C=N–C) groups is 1. The normalized spacial score (nSPS) is 14.5. The van der Waals surface area contributed by atoms with Crippen molar-refractivity contribution in [1.82, 2.24) is 15.6 Å². The first-order chi connectivity index (χ1) is 10.2. The number of nitrogens with one attached hydrogen (secondary N) is 2. The van der Waals surface area contributed by atoms with E-state index in [0.717, 1.165) is 30.5 Å². The summed E-state index contributed by atoms with van der Waals surface area (Å²) in [5, 5.41) is 6.65. The molecule has 1 heterocycles. The van der Waals surface area contributed by atoms with Crippen LogP contribution < -0.4 is 15.4 Å². The molecule has 1 fully saturated rings. The van der Waals surface area contributed by atoms with Crippen LogP contribution in [0, 0.1) is 5.92 Å². The van der Waals surface area contributed by atoms with E-state index in [2.05, 4.69) is 27.5 Å². The highest BCUT2D eigenvalue weighted by Crippen LogP contribution is 2.27. The number of hydrogen-bond acceptors (Lipinski definition) is 3. The van der Waals surface area contributed by atoms with Crippen molar-refractivity contribution in [2.24, 2.45) is 10.9 Å². The Kier molecular flexibility index (Phi) is 8.52. The van der Waals surface area contributed by atoms with Crippen molar-refractivity contribution in [3.63, 3.8) is 0 Å². The zero-order valence-corrected chi connectivity index (χ0v) is 16.0. The number of aromatic nitrogens is 1. The Morgan fingerprint density at radius 1 is 1.36 bits per heavy atom. The van der Waals surface area contributed by atoms with E-state index in [0.29, 0.717) is 12.4 Å². The predicted molar refractivity (Wildman–Crippen MR) is 101 cm³/mol. The third-order valence-corrected chi connectivity index (χ3v) is 3.17. The topological polar surface area (TPSA) is 58.5 Å². The molecule has 124 valence electrons. The molecule has 2 rings (SSSR count). The van der Waals surface area contributed by atoms with Gasteiger partial charge in [-0.1, -0.05) is 6.07 Å². The van der Waals surface area contributed by atoms with E-state index >= 15 is 0 Å². The first-order valence-corrected chi connectivity index (χ1v) is 7.81. The summed E-state index contributed by atoms with van der Waals surface area (Å²) in [6.45, 7) is 8.58. The van der Waals surface area contributed by atoms with Crippen molar-refractivity contribution in [3.05, 3.63) is 23.9 Å². The summed E-state index contributed by atoms with van der Waals surface area (Å²) in [5.41, 5.74) is 1.08. The second-order valence-electron chi connectivity index (χ2n) is 5.69. The van der Waals surface area contributed by atoms with Gasteiger partial charge in [0.2, 0.25) is 5.88 Å². The molecule has 0 atom stereocenters. The molecule has 1 aromatic rings. The lowest BCUT2D eigenvalue weighted by atomic mass is 10.3. The Labute approximate surface area is 150 Å². The van der Waals surface area contributed by atoms with E-state index in [1.807, 2.05) is 32.2 Å². The summed E-state index contributed by atoms with van der Waals surface area (Å²) < 4.78 is 5.53. The van der Waals surface area contributed by atoms with Crippen LogP contribution in [0.15, 0.2) is 23.3 Å². The van der Waals surface area contributed by atoms with Crippen LogP contribution in [-0.4, -0.2) is 30.1 Å². The molecule has 22 heavy (non-hydrogen) atoms. The third-order valence-electron chi connectivity index (χ3n) is 3.17. The number of ether oxygens (including phenoxy) is 1. The smallest absolute Gasteiger partial charge is 0.213 e. The van der Waals surface area contributed by atoms with Crippen LogP contribution >= 0.6 is 24.0 Å². The molecule has 1 aliphatic rings. The molecule has 6 heteroatoms. The number of pyridine rings is 1. The van der Waals surface area contributed by atoms with Crippen LogP contribution in [0.25, 0.3) is 0 Å². The van der Waals surface area contributed by atoms with Gasteiger partial charge in [0.25, 0.3) is 0 Å². The Balaban J connectivity index is 0.00000242. The molecule has 2 N–H and O–H groups in total. The molecule has 0 radical (unpaired) electrons. The zero-order valence-electron chi connectivity index (χ0n) is 13.6. The number of hydrogen-bond donors (Lipinski definition) is 2. The Hall–Kier alpha value is -1.05. The van der Waals surface area contributed by atoms with Gasteiger partial charge in [0.1, 0.15) is 0 Å². The van der Waals surface area contributed by atoms with Gasteiger partial charge >= 0.3 is 0 Å². The fraction of sp³-hybridized carbons (Fsp3) is 0.625. The van der Waals surface area contributed by atoms with E-state index in [4.69, 9.17) is 4.74 Å². The highest BCUT2D eigenvalue weighted by Gasteiger charge is 2.20. The molecular formula is C16H27IN4O. The first kappa shape index (κ1) is 19.0. The standard InChI is InChI=1S/C16H26N4O.HI/c1-4-17-16(19-9-13-5-6-13)20-11-14-7-8-15(18-10-14)21-12(2)3;/h7-8,10,12-13H,4-6,9,11H2,1-3H3,(H2,17,19,20);1H. The monoisotopic (exact) mass is 418 g/mol. The second-order valence-corrected chi connectivity index (χ2v) is 5.69. The van der Waals surface area contributed by atoms with Gasteiger partial charge in [0.15, 0.2) is 5.96 Å². The van der Waals surface area contributed by atoms with Crippen LogP contribution in [0.5, 0.6) is 5.88 Å². The summed E-state index contributed by atoms with van der Waals surface area (Å²) >= 11 is 0. The molecule has 1 aromatic heterocycles. The molecule has 0 spiro atoms. The average Bonchev–Trinajstić information content (AvgIpc) is 3.27. The summed E-state index contributed by atoms with van der Waals surface area (Å²) in [5.74, 6) is 2.38. The van der Waals surface area contributed by atoms with E-state index in [1.165, 1.54) is 12.8 Å². The van der Waals surface area contributed by atoms with E-state index < -0.39 is 0 Å². The molecule has 0 aromatic carbocycles. The van der Waals surface area contributed by atoms with Gasteiger partial charge in [-0.2, -0.15) is 0 Å². The quantitative estimate of drug-likeness (QED) is 0.406. The number of rotatable bonds is 7. The van der Waals surface area contributed by atoms with Crippen LogP contribution in [0.3, 0.4) is 0 Å². The molecule has 0 saturated heterocycles. The fourth-order valence-corrected chi connectivity index (χ4v) is 1.89. The second kappa shape index (κ2) is 9.86. The molecule has 5 nitrogen and oxygen atoms in total. The molecule has 0 bridgehead atoms. The van der Waals surface area contributed by atoms with Gasteiger partial charge in [-0.05, 0) is 45.1 Å². The Morgan fingerprint density at radius 2 is 2.14 bits per heavy atom. The van der Waals surface area contributed by atoms with Crippen LogP contribution in [0.1, 0.15) is 39.2 Å². The highest BCUT2D eigenvalue weighted by molar-refractivity contribution is 14.0.